The number of hydrogen-bond donors (Lipinski definition) is 2. The molecule has 0 aromatic carbocycles. The zero-order valence-corrected chi connectivity index (χ0v) is 8.81. The van der Waals surface area contributed by atoms with Gasteiger partial charge in [0.25, 0.3) is 0 Å². The molecule has 0 fully saturated rings. The minimum absolute atomic E-state index is 0.110. The fourth-order valence-electron chi connectivity index (χ4n) is 1.04. The van der Waals surface area contributed by atoms with Gasteiger partial charge in [0.05, 0.1) is 6.61 Å². The first-order valence-corrected chi connectivity index (χ1v) is 4.83. The van der Waals surface area contributed by atoms with Gasteiger partial charge in [-0.1, -0.05) is 11.6 Å². The molecule has 0 amide bonds. The van der Waals surface area contributed by atoms with Crippen LogP contribution in [-0.2, 0) is 6.54 Å². The van der Waals surface area contributed by atoms with Crippen molar-refractivity contribution in [2.45, 2.75) is 13.0 Å². The summed E-state index contributed by atoms with van der Waals surface area (Å²) in [5.41, 5.74) is 6.92. The molecule has 0 aliphatic carbocycles. The number of nitrogens with zero attached hydrogens (tertiary/aromatic N) is 2. The van der Waals surface area contributed by atoms with Crippen LogP contribution < -0.4 is 11.4 Å². The van der Waals surface area contributed by atoms with Gasteiger partial charge in [0, 0.05) is 18.3 Å². The predicted octanol–water partition coefficient (Wildman–Crippen LogP) is 0.331. The van der Waals surface area contributed by atoms with Crippen molar-refractivity contribution < 1.29 is 5.11 Å². The van der Waals surface area contributed by atoms with Gasteiger partial charge in [-0.3, -0.25) is 4.57 Å². The van der Waals surface area contributed by atoms with Crippen molar-refractivity contribution in [3.8, 4) is 0 Å². The lowest BCUT2D eigenvalue weighted by Gasteiger charge is -2.05. The molecule has 0 aliphatic rings. The van der Waals surface area contributed by atoms with Crippen LogP contribution in [0.25, 0.3) is 0 Å². The summed E-state index contributed by atoms with van der Waals surface area (Å²) < 4.78 is 1.41. The number of aryl methyl sites for hydroxylation is 1. The minimum Gasteiger partial charge on any atom is -0.392 e. The van der Waals surface area contributed by atoms with E-state index in [4.69, 9.17) is 22.4 Å². The third-order valence-electron chi connectivity index (χ3n) is 1.93. The van der Waals surface area contributed by atoms with Crippen molar-refractivity contribution in [3.63, 3.8) is 0 Å². The quantitative estimate of drug-likeness (QED) is 0.780. The lowest BCUT2D eigenvalue weighted by Crippen LogP contribution is -2.23. The second-order valence-corrected chi connectivity index (χ2v) is 3.22. The molecule has 6 heteroatoms. The highest BCUT2D eigenvalue weighted by atomic mass is 35.5. The molecule has 1 rings (SSSR count). The number of nitrogen functional groups attached to an aromatic ring is 1. The zero-order valence-electron chi connectivity index (χ0n) is 8.06. The van der Waals surface area contributed by atoms with E-state index in [0.29, 0.717) is 18.5 Å². The van der Waals surface area contributed by atoms with E-state index in [9.17, 15) is 4.79 Å². The van der Waals surface area contributed by atoms with Crippen LogP contribution in [0.15, 0.2) is 28.2 Å². The van der Waals surface area contributed by atoms with Gasteiger partial charge < -0.3 is 10.8 Å². The Bertz CT molecular complexity index is 414. The summed E-state index contributed by atoms with van der Waals surface area (Å²) in [6.07, 6.45) is 2.07. The number of nitrogens with two attached hydrogens (primary N) is 1. The van der Waals surface area contributed by atoms with E-state index in [1.165, 1.54) is 10.1 Å². The van der Waals surface area contributed by atoms with Gasteiger partial charge >= 0.3 is 5.69 Å². The number of hydrogen-bond acceptors (Lipinski definition) is 4. The van der Waals surface area contributed by atoms with Crippen LogP contribution in [0.4, 0.5) is 5.82 Å². The largest absolute Gasteiger partial charge is 0.392 e. The van der Waals surface area contributed by atoms with Gasteiger partial charge in [0.15, 0.2) is 0 Å². The van der Waals surface area contributed by atoms with Crippen LogP contribution in [0.5, 0.6) is 0 Å². The molecule has 1 aromatic rings. The maximum absolute atomic E-state index is 11.3. The maximum Gasteiger partial charge on any atom is 0.349 e. The molecule has 0 aliphatic heterocycles. The fourth-order valence-corrected chi connectivity index (χ4v) is 1.22. The van der Waals surface area contributed by atoms with Crippen LogP contribution in [0.2, 0.25) is 0 Å². The topological polar surface area (TPSA) is 81.1 Å². The highest BCUT2D eigenvalue weighted by Crippen LogP contribution is 2.03. The van der Waals surface area contributed by atoms with Crippen molar-refractivity contribution in [1.29, 1.82) is 0 Å². The van der Waals surface area contributed by atoms with Crippen LogP contribution in [0.3, 0.4) is 0 Å². The highest BCUT2D eigenvalue weighted by Gasteiger charge is 2.00. The normalized spacial score (nSPS) is 11.7. The van der Waals surface area contributed by atoms with Crippen molar-refractivity contribution in [2.24, 2.45) is 0 Å². The van der Waals surface area contributed by atoms with Crippen molar-refractivity contribution in [2.75, 3.05) is 12.3 Å². The van der Waals surface area contributed by atoms with Crippen molar-refractivity contribution in [3.05, 3.63) is 33.9 Å². The van der Waals surface area contributed by atoms with E-state index in [2.05, 4.69) is 4.98 Å². The van der Waals surface area contributed by atoms with Crippen LogP contribution in [-0.4, -0.2) is 21.3 Å². The molecule has 0 atom stereocenters. The Kier molecular flexibility index (Phi) is 4.33. The van der Waals surface area contributed by atoms with E-state index in [1.807, 2.05) is 0 Å². The number of anilines is 1. The molecule has 0 unspecified atom stereocenters. The summed E-state index contributed by atoms with van der Waals surface area (Å²) in [7, 11) is 0. The molecule has 0 spiro atoms. The van der Waals surface area contributed by atoms with E-state index >= 15 is 0 Å². The molecule has 15 heavy (non-hydrogen) atoms. The number of rotatable bonds is 4. The number of aliphatic hydroxyl groups excluding tert-OH is 1. The molecule has 0 radical (unpaired) electrons. The first kappa shape index (κ1) is 11.7. The lowest BCUT2D eigenvalue weighted by atomic mass is 10.2. The fraction of sp³-hybridized carbons (Fsp3) is 0.333. The predicted molar refractivity (Wildman–Crippen MR) is 58.5 cm³/mol. The standard InChI is InChI=1S/C9H12ClN3O2/c10-5-7(6-14)1-3-13-4-2-8(11)12-9(13)15/h2,4-5,14H,1,3,6H2,(H2,11,12,15)/b7-5+. The first-order valence-electron chi connectivity index (χ1n) is 4.39. The van der Waals surface area contributed by atoms with Gasteiger partial charge in [-0.2, -0.15) is 4.98 Å². The summed E-state index contributed by atoms with van der Waals surface area (Å²) in [4.78, 5) is 14.9. The highest BCUT2D eigenvalue weighted by molar-refractivity contribution is 6.25. The lowest BCUT2D eigenvalue weighted by molar-refractivity contribution is 0.325. The van der Waals surface area contributed by atoms with Crippen LogP contribution in [0.1, 0.15) is 6.42 Å². The van der Waals surface area contributed by atoms with Crippen LogP contribution >= 0.6 is 11.6 Å². The van der Waals surface area contributed by atoms with Crippen molar-refractivity contribution >= 4 is 17.4 Å². The van der Waals surface area contributed by atoms with Gasteiger partial charge in [-0.05, 0) is 18.1 Å². The molecule has 0 saturated carbocycles. The van der Waals surface area contributed by atoms with Gasteiger partial charge in [-0.15, -0.1) is 0 Å². The summed E-state index contributed by atoms with van der Waals surface area (Å²) in [6, 6.07) is 1.55. The van der Waals surface area contributed by atoms with Crippen molar-refractivity contribution in [1.82, 2.24) is 9.55 Å². The molecule has 0 saturated heterocycles. The summed E-state index contributed by atoms with van der Waals surface area (Å²) in [5.74, 6) is 0.200. The Morgan fingerprint density at radius 1 is 1.73 bits per heavy atom. The Hall–Kier alpha value is -1.33. The Morgan fingerprint density at radius 2 is 2.47 bits per heavy atom. The average molecular weight is 230 g/mol. The second-order valence-electron chi connectivity index (χ2n) is 3.00. The van der Waals surface area contributed by atoms with Gasteiger partial charge in [0.2, 0.25) is 0 Å². The molecule has 1 aromatic heterocycles. The molecular weight excluding hydrogens is 218 g/mol. The smallest absolute Gasteiger partial charge is 0.349 e. The van der Waals surface area contributed by atoms with E-state index in [0.717, 1.165) is 0 Å². The zero-order chi connectivity index (χ0) is 11.3. The molecule has 1 heterocycles. The SMILES string of the molecule is Nc1ccn(CC/C(=C\Cl)CO)c(=O)n1. The third kappa shape index (κ3) is 3.38. The Labute approximate surface area is 91.8 Å². The molecule has 0 bridgehead atoms. The maximum atomic E-state index is 11.3. The number of aromatic nitrogens is 2. The number of aliphatic hydroxyl groups is 1. The third-order valence-corrected chi connectivity index (χ3v) is 2.24. The first-order chi connectivity index (χ1) is 7.17. The molecular formula is C9H12ClN3O2. The van der Waals surface area contributed by atoms with E-state index < -0.39 is 5.69 Å². The molecule has 5 nitrogen and oxygen atoms in total. The Morgan fingerprint density at radius 3 is 3.00 bits per heavy atom. The molecule has 3 N–H and O–H groups in total. The average Bonchev–Trinajstić information content (AvgIpc) is 2.22. The summed E-state index contributed by atoms with van der Waals surface area (Å²) in [5, 5.41) is 8.84. The monoisotopic (exact) mass is 229 g/mol. The van der Waals surface area contributed by atoms with E-state index in [-0.39, 0.29) is 12.4 Å². The minimum atomic E-state index is -0.401. The van der Waals surface area contributed by atoms with Crippen LogP contribution in [0, 0.1) is 0 Å². The second kappa shape index (κ2) is 5.53. The van der Waals surface area contributed by atoms with Gasteiger partial charge in [-0.25, -0.2) is 4.79 Å². The summed E-state index contributed by atoms with van der Waals surface area (Å²) >= 11 is 5.45. The number of halogens is 1. The molecule has 82 valence electrons. The Balaban J connectivity index is 2.70. The van der Waals surface area contributed by atoms with E-state index in [1.54, 1.807) is 12.3 Å². The summed E-state index contributed by atoms with van der Waals surface area (Å²) in [6.45, 7) is 0.311. The van der Waals surface area contributed by atoms with Gasteiger partial charge in [0.1, 0.15) is 5.82 Å².